The quantitative estimate of drug-likeness (QED) is 0.380. The van der Waals surface area contributed by atoms with Gasteiger partial charge in [0, 0.05) is 6.20 Å². The number of hydrogen-bond donors (Lipinski definition) is 2. The van der Waals surface area contributed by atoms with Crippen molar-refractivity contribution in [1.82, 2.24) is 15.0 Å². The lowest BCUT2D eigenvalue weighted by Crippen LogP contribution is -2.11. The van der Waals surface area contributed by atoms with Crippen LogP contribution in [0.4, 0.5) is 11.6 Å². The number of pyridine rings is 1. The van der Waals surface area contributed by atoms with Gasteiger partial charge in [0.1, 0.15) is 11.2 Å². The van der Waals surface area contributed by atoms with E-state index >= 15 is 0 Å². The number of hydrazine groups is 1. The highest BCUT2D eigenvalue weighted by Gasteiger charge is 2.18. The van der Waals surface area contributed by atoms with E-state index in [2.05, 4.69) is 20.4 Å². The van der Waals surface area contributed by atoms with Crippen molar-refractivity contribution in [2.24, 2.45) is 5.84 Å². The van der Waals surface area contributed by atoms with Gasteiger partial charge in [-0.15, -0.1) is 0 Å². The number of nitro groups is 1. The summed E-state index contributed by atoms with van der Waals surface area (Å²) in [7, 11) is 0. The molecule has 0 aliphatic rings. The highest BCUT2D eigenvalue weighted by Crippen LogP contribution is 2.32. The number of anilines is 1. The number of nitrogens with one attached hydrogen (secondary N) is 1. The fourth-order valence-electron chi connectivity index (χ4n) is 1.15. The molecule has 0 radical (unpaired) electrons. The van der Waals surface area contributed by atoms with Crippen LogP contribution in [-0.2, 0) is 0 Å². The SMILES string of the molecule is NNc1ncc([N+](=O)[O-])c(Sc2ccc(Cl)cn2)n1. The molecular formula is C9H7ClN6O2S. The molecular weight excluding hydrogens is 292 g/mol. The third-order valence-electron chi connectivity index (χ3n) is 1.96. The molecule has 2 aromatic rings. The molecule has 2 rings (SSSR count). The number of nitrogen functional groups attached to an aromatic ring is 1. The highest BCUT2D eigenvalue weighted by molar-refractivity contribution is 7.99. The Labute approximate surface area is 116 Å². The molecule has 2 aromatic heterocycles. The Hall–Kier alpha value is -1.97. The summed E-state index contributed by atoms with van der Waals surface area (Å²) in [5.41, 5.74) is 2.01. The second kappa shape index (κ2) is 5.78. The van der Waals surface area contributed by atoms with Crippen LogP contribution in [0.2, 0.25) is 5.02 Å². The van der Waals surface area contributed by atoms with E-state index in [9.17, 15) is 10.1 Å². The van der Waals surface area contributed by atoms with Crippen LogP contribution in [0.25, 0.3) is 0 Å². The molecule has 0 saturated carbocycles. The maximum atomic E-state index is 10.9. The second-order valence-corrected chi connectivity index (χ2v) is 4.65. The van der Waals surface area contributed by atoms with Crippen LogP contribution in [0.1, 0.15) is 0 Å². The minimum Gasteiger partial charge on any atom is -0.292 e. The van der Waals surface area contributed by atoms with Crippen molar-refractivity contribution < 1.29 is 4.92 Å². The zero-order chi connectivity index (χ0) is 13.8. The van der Waals surface area contributed by atoms with Gasteiger partial charge in [0.25, 0.3) is 0 Å². The van der Waals surface area contributed by atoms with Crippen LogP contribution in [0.3, 0.4) is 0 Å². The maximum absolute atomic E-state index is 10.9. The summed E-state index contributed by atoms with van der Waals surface area (Å²) < 4.78 is 0. The fourth-order valence-corrected chi connectivity index (χ4v) is 2.07. The van der Waals surface area contributed by atoms with Crippen LogP contribution in [-0.4, -0.2) is 19.9 Å². The van der Waals surface area contributed by atoms with Gasteiger partial charge in [0.2, 0.25) is 5.95 Å². The number of hydrogen-bond acceptors (Lipinski definition) is 8. The van der Waals surface area contributed by atoms with E-state index in [4.69, 9.17) is 17.4 Å². The molecule has 0 bridgehead atoms. The summed E-state index contributed by atoms with van der Waals surface area (Å²) in [6, 6.07) is 3.26. The molecule has 0 fully saturated rings. The lowest BCUT2D eigenvalue weighted by Gasteiger charge is -2.03. The average Bonchev–Trinajstić information content (AvgIpc) is 2.41. The number of rotatable bonds is 4. The maximum Gasteiger partial charge on any atom is 0.320 e. The summed E-state index contributed by atoms with van der Waals surface area (Å²) in [4.78, 5) is 22.0. The normalized spacial score (nSPS) is 10.2. The van der Waals surface area contributed by atoms with E-state index in [1.54, 1.807) is 12.1 Å². The lowest BCUT2D eigenvalue weighted by molar-refractivity contribution is -0.388. The fraction of sp³-hybridized carbons (Fsp3) is 0. The minimum absolute atomic E-state index is 0.0852. The predicted molar refractivity (Wildman–Crippen MR) is 69.9 cm³/mol. The first-order valence-electron chi connectivity index (χ1n) is 4.87. The van der Waals surface area contributed by atoms with Crippen LogP contribution in [0.15, 0.2) is 34.6 Å². The first-order chi connectivity index (χ1) is 9.10. The van der Waals surface area contributed by atoms with E-state index in [0.29, 0.717) is 10.0 Å². The largest absolute Gasteiger partial charge is 0.320 e. The summed E-state index contributed by atoms with van der Waals surface area (Å²) >= 11 is 6.73. The Kier molecular flexibility index (Phi) is 4.10. The van der Waals surface area contributed by atoms with Crippen molar-refractivity contribution in [3.05, 3.63) is 39.7 Å². The molecule has 10 heteroatoms. The van der Waals surface area contributed by atoms with Crippen molar-refractivity contribution in [2.75, 3.05) is 5.43 Å². The summed E-state index contributed by atoms with van der Waals surface area (Å²) in [5.74, 6) is 5.26. The highest BCUT2D eigenvalue weighted by atomic mass is 35.5. The molecule has 0 aliphatic heterocycles. The van der Waals surface area contributed by atoms with Gasteiger partial charge in [-0.2, -0.15) is 4.98 Å². The summed E-state index contributed by atoms with van der Waals surface area (Å²) in [5, 5.41) is 12.0. The van der Waals surface area contributed by atoms with E-state index in [-0.39, 0.29) is 16.7 Å². The third-order valence-corrected chi connectivity index (χ3v) is 3.13. The number of nitrogens with zero attached hydrogens (tertiary/aromatic N) is 4. The Balaban J connectivity index is 2.36. The monoisotopic (exact) mass is 298 g/mol. The number of halogens is 1. The van der Waals surface area contributed by atoms with Gasteiger partial charge in [-0.3, -0.25) is 15.5 Å². The number of nitrogens with two attached hydrogens (primary N) is 1. The molecule has 0 aromatic carbocycles. The molecule has 0 spiro atoms. The molecule has 0 atom stereocenters. The van der Waals surface area contributed by atoms with Crippen molar-refractivity contribution in [3.63, 3.8) is 0 Å². The van der Waals surface area contributed by atoms with E-state index in [1.165, 1.54) is 6.20 Å². The molecule has 8 nitrogen and oxygen atoms in total. The van der Waals surface area contributed by atoms with E-state index in [0.717, 1.165) is 18.0 Å². The average molecular weight is 299 g/mol. The Morgan fingerprint density at radius 3 is 2.74 bits per heavy atom. The van der Waals surface area contributed by atoms with Crippen molar-refractivity contribution in [2.45, 2.75) is 10.1 Å². The molecule has 0 amide bonds. The summed E-state index contributed by atoms with van der Waals surface area (Å²) in [6.45, 7) is 0. The second-order valence-electron chi connectivity index (χ2n) is 3.20. The molecule has 98 valence electrons. The van der Waals surface area contributed by atoms with Crippen molar-refractivity contribution >= 4 is 35.0 Å². The molecule has 2 heterocycles. The van der Waals surface area contributed by atoms with E-state index < -0.39 is 4.92 Å². The minimum atomic E-state index is -0.571. The Morgan fingerprint density at radius 2 is 2.16 bits per heavy atom. The van der Waals surface area contributed by atoms with Crippen LogP contribution < -0.4 is 11.3 Å². The Bertz CT molecular complexity index is 608. The van der Waals surface area contributed by atoms with Crippen molar-refractivity contribution in [3.8, 4) is 0 Å². The third kappa shape index (κ3) is 3.28. The first-order valence-corrected chi connectivity index (χ1v) is 6.07. The zero-order valence-corrected chi connectivity index (χ0v) is 10.9. The molecule has 0 saturated heterocycles. The van der Waals surface area contributed by atoms with Gasteiger partial charge in [-0.25, -0.2) is 15.8 Å². The first kappa shape index (κ1) is 13.5. The van der Waals surface area contributed by atoms with Crippen molar-refractivity contribution in [1.29, 1.82) is 0 Å². The van der Waals surface area contributed by atoms with Crippen LogP contribution in [0, 0.1) is 10.1 Å². The molecule has 0 unspecified atom stereocenters. The van der Waals surface area contributed by atoms with Gasteiger partial charge in [-0.1, -0.05) is 11.6 Å². The van der Waals surface area contributed by atoms with Gasteiger partial charge in [0.05, 0.1) is 9.95 Å². The van der Waals surface area contributed by atoms with Gasteiger partial charge < -0.3 is 0 Å². The zero-order valence-electron chi connectivity index (χ0n) is 9.28. The number of aromatic nitrogens is 3. The molecule has 19 heavy (non-hydrogen) atoms. The smallest absolute Gasteiger partial charge is 0.292 e. The van der Waals surface area contributed by atoms with Crippen LogP contribution >= 0.6 is 23.4 Å². The molecule has 0 aliphatic carbocycles. The molecule has 3 N–H and O–H groups in total. The van der Waals surface area contributed by atoms with Gasteiger partial charge in [-0.05, 0) is 23.9 Å². The lowest BCUT2D eigenvalue weighted by atomic mass is 10.5. The standard InChI is InChI=1S/C9H7ClN6O2S/c10-5-1-2-7(12-3-5)19-8-6(16(17)18)4-13-9(14-8)15-11/h1-4H,11H2,(H,13,14,15). The van der Waals surface area contributed by atoms with E-state index in [1.807, 2.05) is 0 Å². The topological polar surface area (TPSA) is 120 Å². The van der Waals surface area contributed by atoms with Crippen LogP contribution in [0.5, 0.6) is 0 Å². The van der Waals surface area contributed by atoms with Gasteiger partial charge in [0.15, 0.2) is 5.03 Å². The Morgan fingerprint density at radius 1 is 1.37 bits per heavy atom. The summed E-state index contributed by atoms with van der Waals surface area (Å²) in [6.07, 6.45) is 2.53. The van der Waals surface area contributed by atoms with Gasteiger partial charge >= 0.3 is 5.69 Å². The predicted octanol–water partition coefficient (Wildman–Crippen LogP) is 1.87.